The van der Waals surface area contributed by atoms with Crippen LogP contribution in [0.4, 0.5) is 0 Å². The number of piperidine rings is 1. The summed E-state index contributed by atoms with van der Waals surface area (Å²) in [5.41, 5.74) is 0.181. The summed E-state index contributed by atoms with van der Waals surface area (Å²) in [7, 11) is 1.87. The molecule has 1 atom stereocenters. The molecule has 1 saturated heterocycles. The SMILES string of the molecule is CCC(C)CC1(OC)CCNCC1. The van der Waals surface area contributed by atoms with Crippen LogP contribution in [0.3, 0.4) is 0 Å². The van der Waals surface area contributed by atoms with Gasteiger partial charge < -0.3 is 10.1 Å². The van der Waals surface area contributed by atoms with Crippen molar-refractivity contribution in [2.75, 3.05) is 20.2 Å². The third-order valence-corrected chi connectivity index (χ3v) is 3.37. The average molecular weight is 185 g/mol. The Morgan fingerprint density at radius 2 is 2.00 bits per heavy atom. The maximum atomic E-state index is 5.71. The van der Waals surface area contributed by atoms with Crippen molar-refractivity contribution in [1.82, 2.24) is 5.32 Å². The molecule has 1 fully saturated rings. The summed E-state index contributed by atoms with van der Waals surface area (Å²) in [4.78, 5) is 0. The minimum Gasteiger partial charge on any atom is -0.378 e. The number of rotatable bonds is 4. The summed E-state index contributed by atoms with van der Waals surface area (Å²) in [6.45, 7) is 6.81. The number of nitrogens with one attached hydrogen (secondary N) is 1. The zero-order valence-corrected chi connectivity index (χ0v) is 9.23. The molecule has 1 aliphatic rings. The maximum absolute atomic E-state index is 5.71. The number of ether oxygens (including phenoxy) is 1. The van der Waals surface area contributed by atoms with Crippen LogP contribution in [0.5, 0.6) is 0 Å². The van der Waals surface area contributed by atoms with Gasteiger partial charge in [0.1, 0.15) is 0 Å². The second-order valence-electron chi connectivity index (χ2n) is 4.35. The molecule has 0 aliphatic carbocycles. The number of methoxy groups -OCH3 is 1. The van der Waals surface area contributed by atoms with Gasteiger partial charge in [-0.15, -0.1) is 0 Å². The Morgan fingerprint density at radius 3 is 2.46 bits per heavy atom. The first-order chi connectivity index (χ1) is 6.22. The molecule has 0 spiro atoms. The van der Waals surface area contributed by atoms with Crippen molar-refractivity contribution in [3.63, 3.8) is 0 Å². The van der Waals surface area contributed by atoms with E-state index < -0.39 is 0 Å². The Hall–Kier alpha value is -0.0800. The van der Waals surface area contributed by atoms with Gasteiger partial charge in [0.2, 0.25) is 0 Å². The smallest absolute Gasteiger partial charge is 0.0705 e. The zero-order valence-electron chi connectivity index (χ0n) is 9.23. The number of hydrogen-bond donors (Lipinski definition) is 1. The molecule has 78 valence electrons. The quantitative estimate of drug-likeness (QED) is 0.725. The van der Waals surface area contributed by atoms with Gasteiger partial charge in [0.15, 0.2) is 0 Å². The molecule has 0 aromatic carbocycles. The van der Waals surface area contributed by atoms with Crippen molar-refractivity contribution in [3.8, 4) is 0 Å². The molecule has 0 amide bonds. The van der Waals surface area contributed by atoms with E-state index in [2.05, 4.69) is 19.2 Å². The van der Waals surface area contributed by atoms with Crippen molar-refractivity contribution in [2.24, 2.45) is 5.92 Å². The Labute approximate surface area is 82.0 Å². The van der Waals surface area contributed by atoms with Crippen molar-refractivity contribution >= 4 is 0 Å². The van der Waals surface area contributed by atoms with Crippen molar-refractivity contribution in [2.45, 2.75) is 45.1 Å². The van der Waals surface area contributed by atoms with Gasteiger partial charge in [0.05, 0.1) is 5.60 Å². The van der Waals surface area contributed by atoms with E-state index in [-0.39, 0.29) is 5.60 Å². The van der Waals surface area contributed by atoms with Crippen LogP contribution in [0.25, 0.3) is 0 Å². The molecule has 1 rings (SSSR count). The van der Waals surface area contributed by atoms with Gasteiger partial charge in [-0.1, -0.05) is 20.3 Å². The first-order valence-corrected chi connectivity index (χ1v) is 5.48. The van der Waals surface area contributed by atoms with E-state index in [1.165, 1.54) is 25.7 Å². The third kappa shape index (κ3) is 2.96. The van der Waals surface area contributed by atoms with Gasteiger partial charge in [0, 0.05) is 7.11 Å². The highest BCUT2D eigenvalue weighted by atomic mass is 16.5. The highest BCUT2D eigenvalue weighted by Crippen LogP contribution is 2.30. The largest absolute Gasteiger partial charge is 0.378 e. The summed E-state index contributed by atoms with van der Waals surface area (Å²) in [6, 6.07) is 0. The van der Waals surface area contributed by atoms with E-state index in [1.54, 1.807) is 0 Å². The molecule has 2 nitrogen and oxygen atoms in total. The summed E-state index contributed by atoms with van der Waals surface area (Å²) >= 11 is 0. The predicted octanol–water partition coefficient (Wildman–Crippen LogP) is 2.19. The van der Waals surface area contributed by atoms with Crippen LogP contribution in [0.15, 0.2) is 0 Å². The molecular formula is C11H23NO. The fourth-order valence-electron chi connectivity index (χ4n) is 2.15. The second kappa shape index (κ2) is 4.97. The standard InChI is InChI=1S/C11H23NO/c1-4-10(2)9-11(13-3)5-7-12-8-6-11/h10,12H,4-9H2,1-3H3. The van der Waals surface area contributed by atoms with E-state index >= 15 is 0 Å². The van der Waals surface area contributed by atoms with Gasteiger partial charge in [-0.2, -0.15) is 0 Å². The Bertz CT molecular complexity index is 141. The lowest BCUT2D eigenvalue weighted by Crippen LogP contribution is -2.44. The molecule has 13 heavy (non-hydrogen) atoms. The molecule has 1 N–H and O–H groups in total. The maximum Gasteiger partial charge on any atom is 0.0705 e. The lowest BCUT2D eigenvalue weighted by atomic mass is 9.83. The van der Waals surface area contributed by atoms with Gasteiger partial charge in [0.25, 0.3) is 0 Å². The van der Waals surface area contributed by atoms with Crippen LogP contribution < -0.4 is 5.32 Å². The molecule has 2 heteroatoms. The average Bonchev–Trinajstić information content (AvgIpc) is 2.19. The van der Waals surface area contributed by atoms with Gasteiger partial charge in [-0.25, -0.2) is 0 Å². The highest BCUT2D eigenvalue weighted by Gasteiger charge is 2.32. The molecule has 0 radical (unpaired) electrons. The van der Waals surface area contributed by atoms with Gasteiger partial charge in [-0.3, -0.25) is 0 Å². The summed E-state index contributed by atoms with van der Waals surface area (Å²) in [6.07, 6.45) is 4.84. The first-order valence-electron chi connectivity index (χ1n) is 5.48. The van der Waals surface area contributed by atoms with E-state index in [4.69, 9.17) is 4.74 Å². The Kier molecular flexibility index (Phi) is 4.20. The summed E-state index contributed by atoms with van der Waals surface area (Å²) < 4.78 is 5.71. The summed E-state index contributed by atoms with van der Waals surface area (Å²) in [5, 5.41) is 3.39. The highest BCUT2D eigenvalue weighted by molar-refractivity contribution is 4.87. The second-order valence-corrected chi connectivity index (χ2v) is 4.35. The lowest BCUT2D eigenvalue weighted by Gasteiger charge is -2.38. The van der Waals surface area contributed by atoms with E-state index in [0.29, 0.717) is 0 Å². The molecule has 0 saturated carbocycles. The van der Waals surface area contributed by atoms with Crippen molar-refractivity contribution in [1.29, 1.82) is 0 Å². The van der Waals surface area contributed by atoms with Gasteiger partial charge in [-0.05, 0) is 38.3 Å². The molecular weight excluding hydrogens is 162 g/mol. The van der Waals surface area contributed by atoms with Crippen molar-refractivity contribution in [3.05, 3.63) is 0 Å². The molecule has 1 unspecified atom stereocenters. The summed E-state index contributed by atoms with van der Waals surface area (Å²) in [5.74, 6) is 0.790. The van der Waals surface area contributed by atoms with E-state index in [9.17, 15) is 0 Å². The van der Waals surface area contributed by atoms with Crippen LogP contribution in [0, 0.1) is 5.92 Å². The predicted molar refractivity (Wildman–Crippen MR) is 55.9 cm³/mol. The zero-order chi connectivity index (χ0) is 9.73. The normalized spacial score (nSPS) is 24.2. The minimum atomic E-state index is 0.181. The van der Waals surface area contributed by atoms with Crippen LogP contribution in [0.2, 0.25) is 0 Å². The van der Waals surface area contributed by atoms with Crippen LogP contribution >= 0.6 is 0 Å². The fourth-order valence-corrected chi connectivity index (χ4v) is 2.15. The lowest BCUT2D eigenvalue weighted by molar-refractivity contribution is -0.0503. The van der Waals surface area contributed by atoms with Crippen LogP contribution in [-0.2, 0) is 4.74 Å². The Morgan fingerprint density at radius 1 is 1.38 bits per heavy atom. The third-order valence-electron chi connectivity index (χ3n) is 3.37. The molecule has 1 heterocycles. The first kappa shape index (κ1) is 11.0. The van der Waals surface area contributed by atoms with E-state index in [1.807, 2.05) is 7.11 Å². The topological polar surface area (TPSA) is 21.3 Å². The van der Waals surface area contributed by atoms with E-state index in [0.717, 1.165) is 19.0 Å². The van der Waals surface area contributed by atoms with Crippen LogP contribution in [-0.4, -0.2) is 25.8 Å². The van der Waals surface area contributed by atoms with Crippen molar-refractivity contribution < 1.29 is 4.74 Å². The molecule has 1 aliphatic heterocycles. The molecule has 0 aromatic heterocycles. The minimum absolute atomic E-state index is 0.181. The fraction of sp³-hybridized carbons (Fsp3) is 1.00. The van der Waals surface area contributed by atoms with Gasteiger partial charge >= 0.3 is 0 Å². The molecule has 0 aromatic rings. The monoisotopic (exact) mass is 185 g/mol. The van der Waals surface area contributed by atoms with Crippen LogP contribution in [0.1, 0.15) is 39.5 Å². The number of hydrogen-bond acceptors (Lipinski definition) is 2. The molecule has 0 bridgehead atoms. The Balaban J connectivity index is 2.47.